The molecule has 0 heterocycles. The summed E-state index contributed by atoms with van der Waals surface area (Å²) in [6.45, 7) is 5.97. The van der Waals surface area contributed by atoms with E-state index in [1.165, 1.54) is 0 Å². The Labute approximate surface area is 121 Å². The Morgan fingerprint density at radius 2 is 1.95 bits per heavy atom. The van der Waals surface area contributed by atoms with E-state index in [2.05, 4.69) is 19.2 Å². The lowest BCUT2D eigenvalue weighted by Crippen LogP contribution is -2.61. The summed E-state index contributed by atoms with van der Waals surface area (Å²) in [5.41, 5.74) is 0. The Hall–Kier alpha value is -1.26. The fourth-order valence-electron chi connectivity index (χ4n) is 2.52. The second kappa shape index (κ2) is 7.50. The minimum atomic E-state index is 0.0990. The highest BCUT2D eigenvalue weighted by Crippen LogP contribution is 2.33. The van der Waals surface area contributed by atoms with Crippen LogP contribution in [0.2, 0.25) is 0 Å². The first-order valence-electron chi connectivity index (χ1n) is 7.44. The monoisotopic (exact) mass is 279 g/mol. The summed E-state index contributed by atoms with van der Waals surface area (Å²) in [5, 5.41) is 3.45. The van der Waals surface area contributed by atoms with Crippen molar-refractivity contribution in [1.29, 1.82) is 0 Å². The summed E-state index contributed by atoms with van der Waals surface area (Å²) >= 11 is 0. The van der Waals surface area contributed by atoms with Crippen molar-refractivity contribution in [2.24, 2.45) is 0 Å². The largest absolute Gasteiger partial charge is 0.493 e. The molecule has 3 unspecified atom stereocenters. The first kappa shape index (κ1) is 15.1. The quantitative estimate of drug-likeness (QED) is 0.794. The lowest BCUT2D eigenvalue weighted by molar-refractivity contribution is -0.108. The molecule has 3 atom stereocenters. The molecule has 0 spiro atoms. The highest BCUT2D eigenvalue weighted by atomic mass is 16.6. The van der Waals surface area contributed by atoms with Crippen molar-refractivity contribution in [2.75, 3.05) is 20.3 Å². The summed E-state index contributed by atoms with van der Waals surface area (Å²) in [6.07, 6.45) is 2.22. The first-order chi connectivity index (χ1) is 9.80. The molecule has 0 amide bonds. The molecule has 1 saturated carbocycles. The van der Waals surface area contributed by atoms with Crippen molar-refractivity contribution in [3.05, 3.63) is 24.3 Å². The van der Waals surface area contributed by atoms with E-state index in [0.29, 0.717) is 6.04 Å². The molecular weight excluding hydrogens is 254 g/mol. The van der Waals surface area contributed by atoms with Crippen molar-refractivity contribution in [1.82, 2.24) is 5.32 Å². The summed E-state index contributed by atoms with van der Waals surface area (Å²) in [6, 6.07) is 8.15. The summed E-state index contributed by atoms with van der Waals surface area (Å²) in [5.74, 6) is 1.56. The van der Waals surface area contributed by atoms with Gasteiger partial charge in [0.15, 0.2) is 11.5 Å². The van der Waals surface area contributed by atoms with Gasteiger partial charge in [0.25, 0.3) is 0 Å². The minimum absolute atomic E-state index is 0.0990. The molecule has 0 aliphatic heterocycles. The fourth-order valence-corrected chi connectivity index (χ4v) is 2.52. The van der Waals surface area contributed by atoms with Crippen molar-refractivity contribution in [3.63, 3.8) is 0 Å². The Kier molecular flexibility index (Phi) is 5.68. The zero-order valence-corrected chi connectivity index (χ0v) is 12.6. The van der Waals surface area contributed by atoms with Crippen LogP contribution in [0.25, 0.3) is 0 Å². The predicted molar refractivity (Wildman–Crippen MR) is 79.5 cm³/mol. The SMILES string of the molecule is CCCOC1C(NCC)CC1Oc1ccccc1OC. The highest BCUT2D eigenvalue weighted by Gasteiger charge is 2.43. The number of benzene rings is 1. The third kappa shape index (κ3) is 3.44. The molecule has 1 aliphatic rings. The molecule has 4 heteroatoms. The molecule has 2 rings (SSSR count). The zero-order valence-electron chi connectivity index (χ0n) is 12.6. The van der Waals surface area contributed by atoms with Gasteiger partial charge in [0.2, 0.25) is 0 Å². The van der Waals surface area contributed by atoms with Crippen molar-refractivity contribution < 1.29 is 14.2 Å². The van der Waals surface area contributed by atoms with Gasteiger partial charge in [0.1, 0.15) is 12.2 Å². The molecule has 1 N–H and O–H groups in total. The lowest BCUT2D eigenvalue weighted by Gasteiger charge is -2.44. The molecule has 0 radical (unpaired) electrons. The third-order valence-electron chi connectivity index (χ3n) is 3.58. The zero-order chi connectivity index (χ0) is 14.4. The molecule has 112 valence electrons. The Balaban J connectivity index is 1.97. The number of hydrogen-bond donors (Lipinski definition) is 1. The average Bonchev–Trinajstić information content (AvgIpc) is 2.47. The van der Waals surface area contributed by atoms with E-state index in [-0.39, 0.29) is 12.2 Å². The molecule has 1 fully saturated rings. The van der Waals surface area contributed by atoms with Crippen LogP contribution in [0.15, 0.2) is 24.3 Å². The van der Waals surface area contributed by atoms with Gasteiger partial charge in [-0.05, 0) is 25.1 Å². The molecule has 1 aliphatic carbocycles. The molecule has 0 bridgehead atoms. The van der Waals surface area contributed by atoms with E-state index in [1.54, 1.807) is 7.11 Å². The van der Waals surface area contributed by atoms with Crippen LogP contribution in [0, 0.1) is 0 Å². The van der Waals surface area contributed by atoms with Crippen LogP contribution in [0.5, 0.6) is 11.5 Å². The van der Waals surface area contributed by atoms with Crippen LogP contribution >= 0.6 is 0 Å². The van der Waals surface area contributed by atoms with Gasteiger partial charge in [-0.3, -0.25) is 0 Å². The van der Waals surface area contributed by atoms with Gasteiger partial charge in [-0.1, -0.05) is 26.0 Å². The molecule has 1 aromatic carbocycles. The Morgan fingerprint density at radius 3 is 2.60 bits per heavy atom. The van der Waals surface area contributed by atoms with E-state index in [9.17, 15) is 0 Å². The molecule has 20 heavy (non-hydrogen) atoms. The van der Waals surface area contributed by atoms with Crippen molar-refractivity contribution in [3.8, 4) is 11.5 Å². The van der Waals surface area contributed by atoms with Gasteiger partial charge in [-0.2, -0.15) is 0 Å². The number of rotatable bonds is 8. The normalized spacial score (nSPS) is 25.1. The van der Waals surface area contributed by atoms with E-state index in [1.807, 2.05) is 24.3 Å². The van der Waals surface area contributed by atoms with Gasteiger partial charge in [-0.15, -0.1) is 0 Å². The maximum absolute atomic E-state index is 6.07. The second-order valence-electron chi connectivity index (χ2n) is 5.04. The maximum Gasteiger partial charge on any atom is 0.161 e. The maximum atomic E-state index is 6.07. The number of para-hydroxylation sites is 2. The summed E-state index contributed by atoms with van der Waals surface area (Å²) in [4.78, 5) is 0. The predicted octanol–water partition coefficient (Wildman–Crippen LogP) is 2.62. The average molecular weight is 279 g/mol. The third-order valence-corrected chi connectivity index (χ3v) is 3.58. The number of nitrogens with one attached hydrogen (secondary N) is 1. The van der Waals surface area contributed by atoms with E-state index in [4.69, 9.17) is 14.2 Å². The van der Waals surface area contributed by atoms with Crippen LogP contribution in [0.4, 0.5) is 0 Å². The molecule has 0 saturated heterocycles. The van der Waals surface area contributed by atoms with E-state index >= 15 is 0 Å². The van der Waals surface area contributed by atoms with Crippen LogP contribution in [-0.4, -0.2) is 38.5 Å². The lowest BCUT2D eigenvalue weighted by atomic mass is 9.85. The fraction of sp³-hybridized carbons (Fsp3) is 0.625. The standard InChI is InChI=1S/C16H25NO3/c1-4-10-19-16-12(17-5-2)11-15(16)20-14-9-7-6-8-13(14)18-3/h6-9,12,15-17H,4-5,10-11H2,1-3H3. The van der Waals surface area contributed by atoms with Crippen LogP contribution < -0.4 is 14.8 Å². The summed E-state index contributed by atoms with van der Waals surface area (Å²) in [7, 11) is 1.66. The van der Waals surface area contributed by atoms with Crippen molar-refractivity contribution in [2.45, 2.75) is 44.9 Å². The second-order valence-corrected chi connectivity index (χ2v) is 5.04. The topological polar surface area (TPSA) is 39.7 Å². The smallest absolute Gasteiger partial charge is 0.161 e. The molecule has 4 nitrogen and oxygen atoms in total. The number of likely N-dealkylation sites (N-methyl/N-ethyl adjacent to an activating group) is 1. The van der Waals surface area contributed by atoms with Crippen LogP contribution in [0.1, 0.15) is 26.7 Å². The van der Waals surface area contributed by atoms with Crippen LogP contribution in [-0.2, 0) is 4.74 Å². The van der Waals surface area contributed by atoms with Gasteiger partial charge in [-0.25, -0.2) is 0 Å². The van der Waals surface area contributed by atoms with Gasteiger partial charge in [0.05, 0.1) is 7.11 Å². The van der Waals surface area contributed by atoms with Gasteiger partial charge in [0, 0.05) is 19.1 Å². The molecule has 0 aromatic heterocycles. The minimum Gasteiger partial charge on any atom is -0.493 e. The van der Waals surface area contributed by atoms with Crippen molar-refractivity contribution >= 4 is 0 Å². The highest BCUT2D eigenvalue weighted by molar-refractivity contribution is 5.39. The summed E-state index contributed by atoms with van der Waals surface area (Å²) < 4.78 is 17.3. The number of ether oxygens (including phenoxy) is 3. The van der Waals surface area contributed by atoms with E-state index in [0.717, 1.165) is 37.5 Å². The molecule has 1 aromatic rings. The first-order valence-corrected chi connectivity index (χ1v) is 7.44. The Morgan fingerprint density at radius 1 is 1.20 bits per heavy atom. The van der Waals surface area contributed by atoms with Gasteiger partial charge >= 0.3 is 0 Å². The number of hydrogen-bond acceptors (Lipinski definition) is 4. The van der Waals surface area contributed by atoms with Crippen LogP contribution in [0.3, 0.4) is 0 Å². The molecular formula is C16H25NO3. The number of methoxy groups -OCH3 is 1. The van der Waals surface area contributed by atoms with E-state index < -0.39 is 0 Å². The van der Waals surface area contributed by atoms with Gasteiger partial charge < -0.3 is 19.5 Å². The Bertz CT molecular complexity index is 410.